The van der Waals surface area contributed by atoms with Gasteiger partial charge in [-0.05, 0) is 23.1 Å². The van der Waals surface area contributed by atoms with E-state index in [-0.39, 0.29) is 6.10 Å². The van der Waals surface area contributed by atoms with Crippen molar-refractivity contribution in [1.82, 2.24) is 5.32 Å². The van der Waals surface area contributed by atoms with Crippen LogP contribution in [0, 0.1) is 0 Å². The van der Waals surface area contributed by atoms with E-state index in [0.29, 0.717) is 6.61 Å². The summed E-state index contributed by atoms with van der Waals surface area (Å²) in [6.07, 6.45) is 0.982. The highest BCUT2D eigenvalue weighted by molar-refractivity contribution is 7.09. The molecule has 1 saturated heterocycles. The zero-order valence-electron chi connectivity index (χ0n) is 12.7. The van der Waals surface area contributed by atoms with Crippen molar-refractivity contribution in [2.45, 2.75) is 12.5 Å². The fourth-order valence-corrected chi connectivity index (χ4v) is 3.18. The average Bonchev–Trinajstić information content (AvgIpc) is 3.08. The molecule has 5 heteroatoms. The first-order chi connectivity index (χ1) is 10.8. The van der Waals surface area contributed by atoms with Crippen LogP contribution in [-0.4, -0.2) is 39.5 Å². The first-order valence-corrected chi connectivity index (χ1v) is 8.37. The molecule has 0 saturated carbocycles. The van der Waals surface area contributed by atoms with E-state index in [4.69, 9.17) is 14.2 Å². The van der Waals surface area contributed by atoms with Gasteiger partial charge in [-0.3, -0.25) is 0 Å². The minimum absolute atomic E-state index is 0.106. The normalized spacial score (nSPS) is 18.1. The van der Waals surface area contributed by atoms with E-state index in [9.17, 15) is 0 Å². The van der Waals surface area contributed by atoms with Crippen molar-refractivity contribution in [2.24, 2.45) is 0 Å². The smallest absolute Gasteiger partial charge is 0.126 e. The Morgan fingerprint density at radius 1 is 1.36 bits per heavy atom. The topological polar surface area (TPSA) is 39.7 Å². The molecule has 118 valence electrons. The summed E-state index contributed by atoms with van der Waals surface area (Å²) >= 11 is 1.76. The number of ether oxygens (including phenoxy) is 3. The minimum Gasteiger partial charge on any atom is -0.497 e. The fraction of sp³-hybridized carbons (Fsp3) is 0.412. The van der Waals surface area contributed by atoms with E-state index >= 15 is 0 Å². The molecule has 0 amide bonds. The zero-order chi connectivity index (χ0) is 15.2. The highest BCUT2D eigenvalue weighted by Crippen LogP contribution is 2.28. The summed E-state index contributed by atoms with van der Waals surface area (Å²) in [6.45, 7) is 3.05. The highest BCUT2D eigenvalue weighted by Gasteiger charge is 2.15. The van der Waals surface area contributed by atoms with E-state index in [1.807, 2.05) is 12.1 Å². The lowest BCUT2D eigenvalue weighted by Gasteiger charge is -2.24. The van der Waals surface area contributed by atoms with Gasteiger partial charge in [-0.1, -0.05) is 12.1 Å². The lowest BCUT2D eigenvalue weighted by molar-refractivity contribution is -0.00000336. The van der Waals surface area contributed by atoms with E-state index in [1.54, 1.807) is 18.4 Å². The molecule has 1 aliphatic rings. The van der Waals surface area contributed by atoms with E-state index < -0.39 is 0 Å². The van der Waals surface area contributed by atoms with Crippen LogP contribution in [0.3, 0.4) is 0 Å². The number of nitrogens with one attached hydrogen (secondary N) is 1. The molecule has 2 aromatic rings. The Morgan fingerprint density at radius 3 is 3.05 bits per heavy atom. The van der Waals surface area contributed by atoms with Crippen LogP contribution in [0.25, 0.3) is 0 Å². The highest BCUT2D eigenvalue weighted by atomic mass is 32.1. The fourth-order valence-electron chi connectivity index (χ4n) is 2.45. The van der Waals surface area contributed by atoms with Gasteiger partial charge < -0.3 is 19.5 Å². The Hall–Kier alpha value is -1.56. The van der Waals surface area contributed by atoms with E-state index in [1.165, 1.54) is 10.4 Å². The monoisotopic (exact) mass is 319 g/mol. The number of morpholine rings is 1. The number of benzene rings is 1. The molecular weight excluding hydrogens is 298 g/mol. The minimum atomic E-state index is 0.106. The second-order valence-corrected chi connectivity index (χ2v) is 6.27. The predicted octanol–water partition coefficient (Wildman–Crippen LogP) is 2.71. The van der Waals surface area contributed by atoms with Crippen LogP contribution < -0.4 is 14.8 Å². The molecule has 1 aromatic carbocycles. The quantitative estimate of drug-likeness (QED) is 0.889. The number of rotatable bonds is 6. The first kappa shape index (κ1) is 15.3. The standard InChI is InChI=1S/C17H21NO3S/c1-19-14-5-4-13(9-16-3-2-8-22-16)17(10-14)21-12-15-11-18-6-7-20-15/h2-5,8,10,15,18H,6-7,9,11-12H2,1H3. The summed E-state index contributed by atoms with van der Waals surface area (Å²) in [5.74, 6) is 1.69. The van der Waals surface area contributed by atoms with Crippen molar-refractivity contribution in [3.63, 3.8) is 0 Å². The molecule has 0 aliphatic carbocycles. The van der Waals surface area contributed by atoms with Crippen molar-refractivity contribution >= 4 is 11.3 Å². The Bertz CT molecular complexity index is 580. The summed E-state index contributed by atoms with van der Waals surface area (Å²) in [7, 11) is 1.67. The van der Waals surface area contributed by atoms with Gasteiger partial charge in [-0.15, -0.1) is 11.3 Å². The predicted molar refractivity (Wildman–Crippen MR) is 88.2 cm³/mol. The van der Waals surface area contributed by atoms with Crippen LogP contribution in [0.2, 0.25) is 0 Å². The summed E-state index contributed by atoms with van der Waals surface area (Å²) < 4.78 is 17.0. The molecule has 1 fully saturated rings. The van der Waals surface area contributed by atoms with Crippen molar-refractivity contribution in [3.8, 4) is 11.5 Å². The molecule has 2 heterocycles. The molecule has 0 bridgehead atoms. The van der Waals surface area contributed by atoms with Gasteiger partial charge in [0.05, 0.1) is 13.7 Å². The Kier molecular flexibility index (Phi) is 5.32. The summed E-state index contributed by atoms with van der Waals surface area (Å²) in [5.41, 5.74) is 1.17. The largest absolute Gasteiger partial charge is 0.497 e. The molecule has 22 heavy (non-hydrogen) atoms. The maximum Gasteiger partial charge on any atom is 0.126 e. The molecule has 1 aromatic heterocycles. The van der Waals surface area contributed by atoms with Gasteiger partial charge in [-0.25, -0.2) is 0 Å². The molecule has 1 N–H and O–H groups in total. The van der Waals surface area contributed by atoms with Gasteiger partial charge in [0.1, 0.15) is 24.2 Å². The van der Waals surface area contributed by atoms with Gasteiger partial charge in [0.15, 0.2) is 0 Å². The number of hydrogen-bond donors (Lipinski definition) is 1. The Labute approximate surface area is 135 Å². The molecule has 0 radical (unpaired) electrons. The van der Waals surface area contributed by atoms with Gasteiger partial charge in [-0.2, -0.15) is 0 Å². The number of methoxy groups -OCH3 is 1. The van der Waals surface area contributed by atoms with Gasteiger partial charge in [0.25, 0.3) is 0 Å². The van der Waals surface area contributed by atoms with Crippen LogP contribution in [0.4, 0.5) is 0 Å². The van der Waals surface area contributed by atoms with Crippen molar-refractivity contribution < 1.29 is 14.2 Å². The summed E-state index contributed by atoms with van der Waals surface area (Å²) in [4.78, 5) is 1.32. The first-order valence-electron chi connectivity index (χ1n) is 7.49. The third kappa shape index (κ3) is 4.00. The molecule has 0 spiro atoms. The number of hydrogen-bond acceptors (Lipinski definition) is 5. The Balaban J connectivity index is 1.71. The van der Waals surface area contributed by atoms with Crippen LogP contribution in [0.1, 0.15) is 10.4 Å². The van der Waals surface area contributed by atoms with Crippen LogP contribution in [0.5, 0.6) is 11.5 Å². The third-order valence-corrected chi connectivity index (χ3v) is 4.52. The zero-order valence-corrected chi connectivity index (χ0v) is 13.5. The van der Waals surface area contributed by atoms with Gasteiger partial charge in [0.2, 0.25) is 0 Å². The van der Waals surface area contributed by atoms with Gasteiger partial charge >= 0.3 is 0 Å². The van der Waals surface area contributed by atoms with Gasteiger partial charge in [0, 0.05) is 30.5 Å². The van der Waals surface area contributed by atoms with Crippen LogP contribution >= 0.6 is 11.3 Å². The second kappa shape index (κ2) is 7.63. The lowest BCUT2D eigenvalue weighted by atomic mass is 10.1. The van der Waals surface area contributed by atoms with Crippen molar-refractivity contribution in [2.75, 3.05) is 33.4 Å². The van der Waals surface area contributed by atoms with Crippen molar-refractivity contribution in [1.29, 1.82) is 0 Å². The van der Waals surface area contributed by atoms with E-state index in [2.05, 4.69) is 28.9 Å². The maximum absolute atomic E-state index is 6.03. The SMILES string of the molecule is COc1ccc(Cc2cccs2)c(OCC2CNCCO2)c1. The maximum atomic E-state index is 6.03. The Morgan fingerprint density at radius 2 is 2.32 bits per heavy atom. The molecule has 1 aliphatic heterocycles. The summed E-state index contributed by atoms with van der Waals surface area (Å²) in [5, 5.41) is 5.41. The average molecular weight is 319 g/mol. The number of thiophene rings is 1. The molecule has 1 atom stereocenters. The lowest BCUT2D eigenvalue weighted by Crippen LogP contribution is -2.41. The molecule has 3 rings (SSSR count). The van der Waals surface area contributed by atoms with E-state index in [0.717, 1.165) is 37.6 Å². The summed E-state index contributed by atoms with van der Waals surface area (Å²) in [6, 6.07) is 10.2. The molecule has 1 unspecified atom stereocenters. The molecule has 4 nitrogen and oxygen atoms in total. The van der Waals surface area contributed by atoms with Crippen LogP contribution in [0.15, 0.2) is 35.7 Å². The third-order valence-electron chi connectivity index (χ3n) is 3.65. The molecular formula is C17H21NO3S. The van der Waals surface area contributed by atoms with Crippen LogP contribution in [-0.2, 0) is 11.2 Å². The second-order valence-electron chi connectivity index (χ2n) is 5.24. The van der Waals surface area contributed by atoms with Crippen molar-refractivity contribution in [3.05, 3.63) is 46.2 Å².